The third-order valence-electron chi connectivity index (χ3n) is 6.21. The van der Waals surface area contributed by atoms with Gasteiger partial charge in [0, 0.05) is 48.3 Å². The van der Waals surface area contributed by atoms with Crippen molar-refractivity contribution in [1.29, 1.82) is 0 Å². The molecule has 1 aromatic carbocycles. The van der Waals surface area contributed by atoms with Gasteiger partial charge in [0.05, 0.1) is 10.2 Å². The second-order valence-electron chi connectivity index (χ2n) is 8.02. The van der Waals surface area contributed by atoms with Crippen LogP contribution in [0.1, 0.15) is 56.9 Å². The minimum absolute atomic E-state index is 0.142. The van der Waals surface area contributed by atoms with Gasteiger partial charge in [0.2, 0.25) is 0 Å². The van der Waals surface area contributed by atoms with E-state index in [-0.39, 0.29) is 24.1 Å². The molecule has 0 unspecified atom stereocenters. The lowest BCUT2D eigenvalue weighted by molar-refractivity contribution is -0.117. The molecule has 0 spiro atoms. The Morgan fingerprint density at radius 3 is 2.23 bits per heavy atom. The van der Waals surface area contributed by atoms with Crippen molar-refractivity contribution in [2.45, 2.75) is 51.4 Å². The Bertz CT molecular complexity index is 1000. The highest BCUT2D eigenvalue weighted by Gasteiger charge is 2.42. The van der Waals surface area contributed by atoms with Gasteiger partial charge in [-0.2, -0.15) is 0 Å². The molecule has 0 N–H and O–H groups in total. The van der Waals surface area contributed by atoms with E-state index in [4.69, 9.17) is 15.9 Å². The molecule has 0 atom stereocenters. The second-order valence-corrected chi connectivity index (χ2v) is 9.18. The molecule has 0 fully saturated rings. The summed E-state index contributed by atoms with van der Waals surface area (Å²) in [5.74, 6) is 3.62. The number of benzene rings is 1. The van der Waals surface area contributed by atoms with Gasteiger partial charge in [0.25, 0.3) is 0 Å². The van der Waals surface area contributed by atoms with Crippen LogP contribution in [0.3, 0.4) is 0 Å². The van der Waals surface area contributed by atoms with E-state index >= 15 is 0 Å². The van der Waals surface area contributed by atoms with Gasteiger partial charge in [0.15, 0.2) is 23.1 Å². The Hall–Kier alpha value is -2.27. The predicted molar refractivity (Wildman–Crippen MR) is 127 cm³/mol. The van der Waals surface area contributed by atoms with Gasteiger partial charge in [-0.05, 0) is 72.9 Å². The zero-order chi connectivity index (χ0) is 22.1. The van der Waals surface area contributed by atoms with E-state index < -0.39 is 0 Å². The number of Topliss-reactive ketones (excluding diaryl/α,β-unsaturated/α-hetero) is 2. The molecule has 0 amide bonds. The number of nitrogens with zero attached hydrogens (tertiary/aromatic N) is 1. The molecule has 2 aliphatic carbocycles. The van der Waals surface area contributed by atoms with Crippen LogP contribution in [0.5, 0.6) is 11.5 Å². The summed E-state index contributed by atoms with van der Waals surface area (Å²) in [6.07, 6.45) is 9.85. The smallest absolute Gasteiger partial charge is 0.175 e. The maximum absolute atomic E-state index is 13.1. The Balaban J connectivity index is 1.92. The van der Waals surface area contributed by atoms with Crippen molar-refractivity contribution >= 4 is 34.2 Å². The zero-order valence-electron chi connectivity index (χ0n) is 17.9. The summed E-state index contributed by atoms with van der Waals surface area (Å²) in [5.41, 5.74) is 4.58. The number of terminal acetylenes is 1. The highest BCUT2D eigenvalue weighted by molar-refractivity contribution is 14.1. The first kappa shape index (κ1) is 21.9. The van der Waals surface area contributed by atoms with Gasteiger partial charge in [-0.1, -0.05) is 5.92 Å². The quantitative estimate of drug-likeness (QED) is 0.406. The molecular formula is C25H26INO4. The first-order chi connectivity index (χ1) is 15.0. The van der Waals surface area contributed by atoms with Crippen LogP contribution in [0.2, 0.25) is 0 Å². The first-order valence-corrected chi connectivity index (χ1v) is 11.8. The number of ether oxygens (including phenoxy) is 2. The van der Waals surface area contributed by atoms with Gasteiger partial charge in [-0.15, -0.1) is 6.42 Å². The molecule has 0 radical (unpaired) electrons. The Labute approximate surface area is 197 Å². The molecule has 0 bridgehead atoms. The molecular weight excluding hydrogens is 505 g/mol. The average molecular weight is 531 g/mol. The number of hydrogen-bond acceptors (Lipinski definition) is 5. The highest BCUT2D eigenvalue weighted by Crippen LogP contribution is 2.50. The Morgan fingerprint density at radius 2 is 1.68 bits per heavy atom. The second kappa shape index (κ2) is 9.07. The molecule has 1 aromatic rings. The molecule has 0 saturated heterocycles. The van der Waals surface area contributed by atoms with Crippen LogP contribution in [0.4, 0.5) is 0 Å². The minimum Gasteiger partial charge on any atom is -0.490 e. The maximum Gasteiger partial charge on any atom is 0.175 e. The molecule has 6 heteroatoms. The van der Waals surface area contributed by atoms with Crippen LogP contribution >= 0.6 is 22.6 Å². The lowest BCUT2D eigenvalue weighted by atomic mass is 9.71. The van der Waals surface area contributed by atoms with E-state index in [0.29, 0.717) is 30.9 Å². The summed E-state index contributed by atoms with van der Waals surface area (Å²) < 4.78 is 12.5. The van der Waals surface area contributed by atoms with E-state index in [1.165, 1.54) is 0 Å². The van der Waals surface area contributed by atoms with Gasteiger partial charge < -0.3 is 14.4 Å². The fourth-order valence-electron chi connectivity index (χ4n) is 4.96. The van der Waals surface area contributed by atoms with E-state index in [9.17, 15) is 9.59 Å². The van der Waals surface area contributed by atoms with Crippen LogP contribution in [0.15, 0.2) is 34.7 Å². The molecule has 0 saturated carbocycles. The lowest BCUT2D eigenvalue weighted by Crippen LogP contribution is -2.37. The monoisotopic (exact) mass is 531 g/mol. The largest absolute Gasteiger partial charge is 0.490 e. The van der Waals surface area contributed by atoms with Gasteiger partial charge in [-0.25, -0.2) is 0 Å². The number of allylic oxidation sites excluding steroid dienone is 4. The van der Waals surface area contributed by atoms with E-state index in [0.717, 1.165) is 57.4 Å². The SMILES string of the molecule is C#CCOc1c(I)cc(C2C3=C(CCCC3=O)N(C)C3=C2C(=O)CCC3)cc1OCC. The molecule has 0 aromatic heterocycles. The van der Waals surface area contributed by atoms with Crippen molar-refractivity contribution in [3.05, 3.63) is 43.8 Å². The van der Waals surface area contributed by atoms with Crippen LogP contribution in [-0.4, -0.2) is 36.7 Å². The van der Waals surface area contributed by atoms with E-state index in [1.54, 1.807) is 0 Å². The number of halogens is 1. The lowest BCUT2D eigenvalue weighted by Gasteiger charge is -2.42. The van der Waals surface area contributed by atoms with Crippen molar-refractivity contribution in [3.8, 4) is 23.8 Å². The standard InChI is InChI=1S/C25H26INO4/c1-4-12-31-25-16(26)13-15(14-21(25)30-5-2)22-23-17(8-6-10-19(23)28)27(3)18-9-7-11-20(29)24(18)22/h1,13-14,22H,5-12H2,2-3H3. The predicted octanol–water partition coefficient (Wildman–Crippen LogP) is 4.75. The Kier molecular flexibility index (Phi) is 6.42. The first-order valence-electron chi connectivity index (χ1n) is 10.8. The van der Waals surface area contributed by atoms with Crippen LogP contribution < -0.4 is 9.47 Å². The fraction of sp³-hybridized carbons (Fsp3) is 0.440. The molecule has 4 rings (SSSR count). The number of carbonyl (C=O) groups is 2. The summed E-state index contributed by atoms with van der Waals surface area (Å²) >= 11 is 2.21. The summed E-state index contributed by atoms with van der Waals surface area (Å²) in [7, 11) is 2.00. The molecule has 31 heavy (non-hydrogen) atoms. The van der Waals surface area contributed by atoms with E-state index in [1.807, 2.05) is 26.1 Å². The van der Waals surface area contributed by atoms with Crippen molar-refractivity contribution < 1.29 is 19.1 Å². The third-order valence-corrected chi connectivity index (χ3v) is 7.01. The number of ketones is 2. The summed E-state index contributed by atoms with van der Waals surface area (Å²) in [4.78, 5) is 28.4. The molecule has 1 heterocycles. The summed E-state index contributed by atoms with van der Waals surface area (Å²) in [5, 5.41) is 0. The van der Waals surface area contributed by atoms with Crippen molar-refractivity contribution in [1.82, 2.24) is 4.90 Å². The topological polar surface area (TPSA) is 55.8 Å². The average Bonchev–Trinajstić information content (AvgIpc) is 2.75. The van der Waals surface area contributed by atoms with E-state index in [2.05, 4.69) is 33.4 Å². The molecule has 3 aliphatic rings. The fourth-order valence-corrected chi connectivity index (χ4v) is 5.74. The van der Waals surface area contributed by atoms with Gasteiger partial charge in [0.1, 0.15) is 6.61 Å². The Morgan fingerprint density at radius 1 is 1.06 bits per heavy atom. The zero-order valence-corrected chi connectivity index (χ0v) is 20.1. The summed E-state index contributed by atoms with van der Waals surface area (Å²) in [6.45, 7) is 2.53. The van der Waals surface area contributed by atoms with Gasteiger partial charge in [-0.3, -0.25) is 9.59 Å². The molecule has 162 valence electrons. The van der Waals surface area contributed by atoms with Crippen molar-refractivity contribution in [2.75, 3.05) is 20.3 Å². The number of rotatable bonds is 5. The minimum atomic E-state index is -0.351. The maximum atomic E-state index is 13.1. The molecule has 5 nitrogen and oxygen atoms in total. The van der Waals surface area contributed by atoms with Crippen LogP contribution in [-0.2, 0) is 9.59 Å². The number of carbonyl (C=O) groups excluding carboxylic acids is 2. The van der Waals surface area contributed by atoms with Crippen LogP contribution in [0, 0.1) is 15.9 Å². The number of hydrogen-bond donors (Lipinski definition) is 0. The highest BCUT2D eigenvalue weighted by atomic mass is 127. The van der Waals surface area contributed by atoms with Gasteiger partial charge >= 0.3 is 0 Å². The summed E-state index contributed by atoms with van der Waals surface area (Å²) in [6, 6.07) is 3.93. The normalized spacial score (nSPS) is 19.2. The van der Waals surface area contributed by atoms with Crippen molar-refractivity contribution in [2.24, 2.45) is 0 Å². The van der Waals surface area contributed by atoms with Crippen molar-refractivity contribution in [3.63, 3.8) is 0 Å². The third kappa shape index (κ3) is 3.89. The molecule has 1 aliphatic heterocycles. The van der Waals surface area contributed by atoms with Crippen LogP contribution in [0.25, 0.3) is 0 Å².